The van der Waals surface area contributed by atoms with Crippen molar-refractivity contribution in [3.63, 3.8) is 0 Å². The Hall–Kier alpha value is -2.05. The molecule has 0 aliphatic rings. The Balaban J connectivity index is 2.53. The number of rotatable bonds is 6. The monoisotopic (exact) mass is 321 g/mol. The van der Waals surface area contributed by atoms with E-state index in [-0.39, 0.29) is 11.4 Å². The van der Waals surface area contributed by atoms with Crippen LogP contribution in [-0.2, 0) is 9.84 Å². The van der Waals surface area contributed by atoms with Gasteiger partial charge in [-0.25, -0.2) is 8.42 Å². The van der Waals surface area contributed by atoms with Gasteiger partial charge in [0.1, 0.15) is 16.7 Å². The molecule has 2 N–H and O–H groups in total. The van der Waals surface area contributed by atoms with E-state index in [1.165, 1.54) is 14.2 Å². The second-order valence-electron chi connectivity index (χ2n) is 4.69. The fourth-order valence-corrected chi connectivity index (χ4v) is 3.93. The van der Waals surface area contributed by atoms with Crippen LogP contribution in [0.25, 0.3) is 0 Å². The van der Waals surface area contributed by atoms with Gasteiger partial charge in [-0.3, -0.25) is 0 Å². The Labute approximate surface area is 130 Å². The quantitative estimate of drug-likeness (QED) is 0.882. The summed E-state index contributed by atoms with van der Waals surface area (Å²) in [5.74, 6) is 1.03. The van der Waals surface area contributed by atoms with Gasteiger partial charge in [-0.1, -0.05) is 24.3 Å². The Bertz CT molecular complexity index is 729. The first-order chi connectivity index (χ1) is 10.5. The molecule has 0 fully saturated rings. The van der Waals surface area contributed by atoms with Gasteiger partial charge in [0.25, 0.3) is 0 Å². The van der Waals surface area contributed by atoms with Crippen LogP contribution in [0.1, 0.15) is 10.8 Å². The molecule has 22 heavy (non-hydrogen) atoms. The molecule has 118 valence electrons. The summed E-state index contributed by atoms with van der Waals surface area (Å²) in [5, 5.41) is -0.879. The van der Waals surface area contributed by atoms with Crippen LogP contribution in [0.5, 0.6) is 11.5 Å². The number of hydrogen-bond donors (Lipinski definition) is 1. The minimum absolute atomic E-state index is 0.0417. The Kier molecular flexibility index (Phi) is 5.05. The lowest BCUT2D eigenvalue weighted by atomic mass is 10.1. The number of ether oxygens (including phenoxy) is 2. The van der Waals surface area contributed by atoms with Crippen molar-refractivity contribution in [1.29, 1.82) is 0 Å². The Morgan fingerprint density at radius 3 is 2.27 bits per heavy atom. The Morgan fingerprint density at radius 2 is 1.73 bits per heavy atom. The predicted octanol–water partition coefficient (Wildman–Crippen LogP) is 2.18. The third-order valence-corrected chi connectivity index (χ3v) is 5.57. The molecule has 2 rings (SSSR count). The highest BCUT2D eigenvalue weighted by molar-refractivity contribution is 7.91. The number of methoxy groups -OCH3 is 2. The maximum Gasteiger partial charge on any atom is 0.186 e. The average Bonchev–Trinajstić information content (AvgIpc) is 2.56. The molecular weight excluding hydrogens is 302 g/mol. The van der Waals surface area contributed by atoms with Crippen LogP contribution in [0.15, 0.2) is 53.4 Å². The van der Waals surface area contributed by atoms with Gasteiger partial charge >= 0.3 is 0 Å². The minimum Gasteiger partial charge on any atom is -0.497 e. The van der Waals surface area contributed by atoms with Crippen LogP contribution >= 0.6 is 0 Å². The third kappa shape index (κ3) is 3.08. The summed E-state index contributed by atoms with van der Waals surface area (Å²) in [6, 6.07) is 13.3. The molecule has 0 heterocycles. The highest BCUT2D eigenvalue weighted by Crippen LogP contribution is 2.35. The number of nitrogens with two attached hydrogens (primary N) is 1. The van der Waals surface area contributed by atoms with E-state index in [2.05, 4.69) is 0 Å². The molecule has 2 aromatic rings. The molecule has 0 saturated heterocycles. The Morgan fingerprint density at radius 1 is 1.05 bits per heavy atom. The highest BCUT2D eigenvalue weighted by atomic mass is 32.2. The summed E-state index contributed by atoms with van der Waals surface area (Å²) in [4.78, 5) is 0.239. The van der Waals surface area contributed by atoms with Gasteiger partial charge in [0.15, 0.2) is 9.84 Å². The van der Waals surface area contributed by atoms with Crippen molar-refractivity contribution in [2.45, 2.75) is 10.1 Å². The SMILES string of the molecule is COc1ccc([C@H](CN)S(=O)(=O)c2ccccc2)c(OC)c1. The standard InChI is InChI=1S/C16H19NO4S/c1-20-12-8-9-14(15(10-12)21-2)16(11-17)22(18,19)13-6-4-3-5-7-13/h3-10,16H,11,17H2,1-2H3/t16-/m0/s1. The smallest absolute Gasteiger partial charge is 0.186 e. The molecule has 0 bridgehead atoms. The molecule has 0 radical (unpaired) electrons. The summed E-state index contributed by atoms with van der Waals surface area (Å²) in [5.41, 5.74) is 6.28. The fourth-order valence-electron chi connectivity index (χ4n) is 2.28. The summed E-state index contributed by atoms with van der Waals surface area (Å²) >= 11 is 0. The maximum atomic E-state index is 12.8. The molecule has 0 spiro atoms. The lowest BCUT2D eigenvalue weighted by molar-refractivity contribution is 0.390. The van der Waals surface area contributed by atoms with E-state index in [9.17, 15) is 8.42 Å². The van der Waals surface area contributed by atoms with Crippen LogP contribution in [0.3, 0.4) is 0 Å². The minimum atomic E-state index is -3.60. The molecule has 0 aromatic heterocycles. The molecular formula is C16H19NO4S. The molecule has 1 atom stereocenters. The summed E-state index contributed by atoms with van der Waals surface area (Å²) in [6.07, 6.45) is 0. The molecule has 6 heteroatoms. The second-order valence-corrected chi connectivity index (χ2v) is 6.82. The van der Waals surface area contributed by atoms with Crippen molar-refractivity contribution in [1.82, 2.24) is 0 Å². The fraction of sp³-hybridized carbons (Fsp3) is 0.250. The van der Waals surface area contributed by atoms with E-state index in [1.807, 2.05) is 0 Å². The predicted molar refractivity (Wildman–Crippen MR) is 85.0 cm³/mol. The first kappa shape index (κ1) is 16.3. The third-order valence-electron chi connectivity index (χ3n) is 3.45. The van der Waals surface area contributed by atoms with Crippen LogP contribution in [0, 0.1) is 0 Å². The van der Waals surface area contributed by atoms with Gasteiger partial charge in [0.05, 0.1) is 19.1 Å². The highest BCUT2D eigenvalue weighted by Gasteiger charge is 2.30. The van der Waals surface area contributed by atoms with Crippen molar-refractivity contribution in [3.05, 3.63) is 54.1 Å². The lowest BCUT2D eigenvalue weighted by Gasteiger charge is -2.19. The zero-order valence-electron chi connectivity index (χ0n) is 12.5. The molecule has 0 aliphatic heterocycles. The van der Waals surface area contributed by atoms with E-state index in [1.54, 1.807) is 48.5 Å². The van der Waals surface area contributed by atoms with Gasteiger partial charge in [-0.05, 0) is 18.2 Å². The zero-order chi connectivity index (χ0) is 16.2. The van der Waals surface area contributed by atoms with E-state index in [4.69, 9.17) is 15.2 Å². The van der Waals surface area contributed by atoms with Crippen molar-refractivity contribution in [2.24, 2.45) is 5.73 Å². The molecule has 0 amide bonds. The number of benzene rings is 2. The lowest BCUT2D eigenvalue weighted by Crippen LogP contribution is -2.22. The van der Waals surface area contributed by atoms with Gasteiger partial charge in [0.2, 0.25) is 0 Å². The summed E-state index contributed by atoms with van der Waals surface area (Å²) in [6.45, 7) is -0.0417. The van der Waals surface area contributed by atoms with Gasteiger partial charge in [-0.15, -0.1) is 0 Å². The number of hydrogen-bond acceptors (Lipinski definition) is 5. The van der Waals surface area contributed by atoms with Crippen molar-refractivity contribution in [2.75, 3.05) is 20.8 Å². The molecule has 0 saturated carbocycles. The molecule has 2 aromatic carbocycles. The maximum absolute atomic E-state index is 12.8. The van der Waals surface area contributed by atoms with Gasteiger partial charge in [-0.2, -0.15) is 0 Å². The molecule has 0 aliphatic carbocycles. The largest absolute Gasteiger partial charge is 0.497 e. The van der Waals surface area contributed by atoms with E-state index in [0.29, 0.717) is 17.1 Å². The first-order valence-corrected chi connectivity index (χ1v) is 8.30. The van der Waals surface area contributed by atoms with Gasteiger partial charge in [0, 0.05) is 18.2 Å². The second kappa shape index (κ2) is 6.81. The summed E-state index contributed by atoms with van der Waals surface area (Å²) < 4.78 is 36.1. The van der Waals surface area contributed by atoms with Crippen LogP contribution in [0.2, 0.25) is 0 Å². The van der Waals surface area contributed by atoms with Crippen molar-refractivity contribution >= 4 is 9.84 Å². The zero-order valence-corrected chi connectivity index (χ0v) is 13.3. The summed E-state index contributed by atoms with van der Waals surface area (Å²) in [7, 11) is -0.578. The first-order valence-electron chi connectivity index (χ1n) is 6.75. The van der Waals surface area contributed by atoms with Crippen LogP contribution < -0.4 is 15.2 Å². The van der Waals surface area contributed by atoms with Crippen LogP contribution in [-0.4, -0.2) is 29.2 Å². The molecule has 5 nitrogen and oxygen atoms in total. The van der Waals surface area contributed by atoms with Gasteiger partial charge < -0.3 is 15.2 Å². The van der Waals surface area contributed by atoms with E-state index >= 15 is 0 Å². The van der Waals surface area contributed by atoms with E-state index in [0.717, 1.165) is 0 Å². The van der Waals surface area contributed by atoms with E-state index < -0.39 is 15.1 Å². The topological polar surface area (TPSA) is 78.6 Å². The average molecular weight is 321 g/mol. The normalized spacial score (nSPS) is 12.7. The van der Waals surface area contributed by atoms with Crippen LogP contribution in [0.4, 0.5) is 0 Å². The van der Waals surface area contributed by atoms with Crippen molar-refractivity contribution in [3.8, 4) is 11.5 Å². The van der Waals surface area contributed by atoms with Crippen molar-refractivity contribution < 1.29 is 17.9 Å². The molecule has 0 unspecified atom stereocenters. The number of sulfone groups is 1.